The van der Waals surface area contributed by atoms with Crippen molar-refractivity contribution in [2.24, 2.45) is 0 Å². The van der Waals surface area contributed by atoms with Crippen molar-refractivity contribution in [2.45, 2.75) is 0 Å². The fourth-order valence-corrected chi connectivity index (χ4v) is 2.09. The van der Waals surface area contributed by atoms with Crippen LogP contribution in [0, 0.1) is 0 Å². The predicted molar refractivity (Wildman–Crippen MR) is 75.4 cm³/mol. The zero-order chi connectivity index (χ0) is 14.0. The van der Waals surface area contributed by atoms with E-state index < -0.39 is 5.97 Å². The molecule has 1 heterocycles. The Labute approximate surface area is 127 Å². The van der Waals surface area contributed by atoms with E-state index in [9.17, 15) is 4.79 Å². The standard InChI is InChI=1S/C12H6BrCl2NO3/c13-7-3-9(15)10(4-8(7)14)19-11-2-1-6(5-16-11)12(17)18/h1-5H,(H,17,18). The van der Waals surface area contributed by atoms with Crippen LogP contribution in [-0.4, -0.2) is 16.1 Å². The summed E-state index contributed by atoms with van der Waals surface area (Å²) in [5.41, 5.74) is 0.0762. The molecule has 7 heteroatoms. The predicted octanol–water partition coefficient (Wildman–Crippen LogP) is 4.64. The highest BCUT2D eigenvalue weighted by Gasteiger charge is 2.09. The molecule has 0 bridgehead atoms. The summed E-state index contributed by atoms with van der Waals surface area (Å²) < 4.78 is 6.09. The molecule has 1 N–H and O–H groups in total. The first-order chi connectivity index (χ1) is 8.97. The number of aromatic nitrogens is 1. The number of carboxylic acid groups (broad SMARTS) is 1. The molecular weight excluding hydrogens is 357 g/mol. The molecule has 0 fully saturated rings. The molecule has 0 spiro atoms. The molecule has 2 aromatic rings. The van der Waals surface area contributed by atoms with Gasteiger partial charge >= 0.3 is 5.97 Å². The number of hydrogen-bond acceptors (Lipinski definition) is 3. The molecule has 4 nitrogen and oxygen atoms in total. The molecule has 2 rings (SSSR count). The van der Waals surface area contributed by atoms with Crippen molar-refractivity contribution in [3.05, 3.63) is 50.5 Å². The lowest BCUT2D eigenvalue weighted by Gasteiger charge is -2.08. The number of hydrogen-bond donors (Lipinski definition) is 1. The van der Waals surface area contributed by atoms with Gasteiger partial charge in [-0.05, 0) is 28.1 Å². The molecule has 0 amide bonds. The summed E-state index contributed by atoms with van der Waals surface area (Å²) in [6.45, 7) is 0. The third-order valence-electron chi connectivity index (χ3n) is 2.17. The van der Waals surface area contributed by atoms with E-state index in [1.54, 1.807) is 12.1 Å². The molecule has 98 valence electrons. The summed E-state index contributed by atoms with van der Waals surface area (Å²) in [6, 6.07) is 5.97. The van der Waals surface area contributed by atoms with E-state index in [4.69, 9.17) is 33.0 Å². The Kier molecular flexibility index (Phi) is 4.29. The highest BCUT2D eigenvalue weighted by atomic mass is 79.9. The maximum Gasteiger partial charge on any atom is 0.337 e. The van der Waals surface area contributed by atoms with E-state index in [2.05, 4.69) is 20.9 Å². The number of halogens is 3. The Morgan fingerprint density at radius 2 is 2.00 bits per heavy atom. The summed E-state index contributed by atoms with van der Waals surface area (Å²) in [7, 11) is 0. The van der Waals surface area contributed by atoms with Crippen molar-refractivity contribution in [3.8, 4) is 11.6 Å². The van der Waals surface area contributed by atoms with Crippen molar-refractivity contribution in [2.75, 3.05) is 0 Å². The third kappa shape index (κ3) is 3.37. The summed E-state index contributed by atoms with van der Waals surface area (Å²) in [5.74, 6) is -0.487. The average Bonchev–Trinajstić information content (AvgIpc) is 2.36. The van der Waals surface area contributed by atoms with E-state index in [0.29, 0.717) is 20.3 Å². The first kappa shape index (κ1) is 14.1. The van der Waals surface area contributed by atoms with Crippen LogP contribution in [-0.2, 0) is 0 Å². The normalized spacial score (nSPS) is 10.3. The molecule has 0 saturated carbocycles. The topological polar surface area (TPSA) is 59.4 Å². The largest absolute Gasteiger partial charge is 0.478 e. The molecule has 0 aliphatic heterocycles. The van der Waals surface area contributed by atoms with E-state index in [1.807, 2.05) is 0 Å². The first-order valence-electron chi connectivity index (χ1n) is 4.99. The van der Waals surface area contributed by atoms with Gasteiger partial charge in [-0.15, -0.1) is 0 Å². The molecule has 0 atom stereocenters. The zero-order valence-electron chi connectivity index (χ0n) is 9.23. The monoisotopic (exact) mass is 361 g/mol. The van der Waals surface area contributed by atoms with E-state index in [1.165, 1.54) is 18.3 Å². The molecule has 0 unspecified atom stereocenters. The molecule has 0 aliphatic carbocycles. The highest BCUT2D eigenvalue weighted by Crippen LogP contribution is 2.36. The van der Waals surface area contributed by atoms with Crippen LogP contribution in [0.25, 0.3) is 0 Å². The third-order valence-corrected chi connectivity index (χ3v) is 3.67. The number of aromatic carboxylic acids is 1. The minimum absolute atomic E-state index is 0.0762. The molecule has 0 saturated heterocycles. The Morgan fingerprint density at radius 3 is 2.58 bits per heavy atom. The molecule has 0 aliphatic rings. The lowest BCUT2D eigenvalue weighted by atomic mass is 10.3. The fraction of sp³-hybridized carbons (Fsp3) is 0. The maximum absolute atomic E-state index is 10.7. The quantitative estimate of drug-likeness (QED) is 0.808. The van der Waals surface area contributed by atoms with Gasteiger partial charge in [-0.25, -0.2) is 9.78 Å². The Balaban J connectivity index is 2.26. The lowest BCUT2D eigenvalue weighted by molar-refractivity contribution is 0.0696. The van der Waals surface area contributed by atoms with Crippen LogP contribution in [0.2, 0.25) is 10.0 Å². The molecular formula is C12H6BrCl2NO3. The SMILES string of the molecule is O=C(O)c1ccc(Oc2cc(Cl)c(Br)cc2Cl)nc1. The van der Waals surface area contributed by atoms with Crippen LogP contribution >= 0.6 is 39.1 Å². The second kappa shape index (κ2) is 5.77. The summed E-state index contributed by atoms with van der Waals surface area (Å²) in [6.07, 6.45) is 1.20. The summed E-state index contributed by atoms with van der Waals surface area (Å²) in [5, 5.41) is 9.56. The summed E-state index contributed by atoms with van der Waals surface area (Å²) in [4.78, 5) is 14.6. The average molecular weight is 363 g/mol. The van der Waals surface area contributed by atoms with Gasteiger partial charge in [0.15, 0.2) is 0 Å². The second-order valence-electron chi connectivity index (χ2n) is 3.49. The molecule has 1 aromatic heterocycles. The molecule has 1 aromatic carbocycles. The number of nitrogens with zero attached hydrogens (tertiary/aromatic N) is 1. The van der Waals surface area contributed by atoms with Crippen LogP contribution in [0.3, 0.4) is 0 Å². The maximum atomic E-state index is 10.7. The van der Waals surface area contributed by atoms with Crippen LogP contribution in [0.15, 0.2) is 34.9 Å². The molecule has 0 radical (unpaired) electrons. The number of ether oxygens (including phenoxy) is 1. The Bertz CT molecular complexity index is 632. The van der Waals surface area contributed by atoms with Crippen LogP contribution < -0.4 is 4.74 Å². The number of benzene rings is 1. The van der Waals surface area contributed by atoms with Crippen molar-refractivity contribution in [3.63, 3.8) is 0 Å². The van der Waals surface area contributed by atoms with Crippen LogP contribution in [0.5, 0.6) is 11.6 Å². The van der Waals surface area contributed by atoms with Crippen molar-refractivity contribution >= 4 is 45.1 Å². The minimum atomic E-state index is -1.05. The van der Waals surface area contributed by atoms with Gasteiger partial charge in [0.1, 0.15) is 5.75 Å². The molecule has 19 heavy (non-hydrogen) atoms. The van der Waals surface area contributed by atoms with Gasteiger partial charge in [-0.2, -0.15) is 0 Å². The first-order valence-corrected chi connectivity index (χ1v) is 6.54. The van der Waals surface area contributed by atoms with Gasteiger partial charge in [-0.3, -0.25) is 0 Å². The fourth-order valence-electron chi connectivity index (χ4n) is 1.26. The van der Waals surface area contributed by atoms with E-state index >= 15 is 0 Å². The zero-order valence-corrected chi connectivity index (χ0v) is 12.3. The highest BCUT2D eigenvalue weighted by molar-refractivity contribution is 9.10. The summed E-state index contributed by atoms with van der Waals surface area (Å²) >= 11 is 15.2. The smallest absolute Gasteiger partial charge is 0.337 e. The van der Waals surface area contributed by atoms with Crippen LogP contribution in [0.1, 0.15) is 10.4 Å². The number of carbonyl (C=O) groups is 1. The Hall–Kier alpha value is -1.30. The van der Waals surface area contributed by atoms with E-state index in [0.717, 1.165) is 0 Å². The van der Waals surface area contributed by atoms with Gasteiger partial charge < -0.3 is 9.84 Å². The van der Waals surface area contributed by atoms with Gasteiger partial charge in [0.2, 0.25) is 5.88 Å². The Morgan fingerprint density at radius 1 is 1.26 bits per heavy atom. The number of carboxylic acids is 1. The minimum Gasteiger partial charge on any atom is -0.478 e. The van der Waals surface area contributed by atoms with Crippen molar-refractivity contribution in [1.29, 1.82) is 0 Å². The van der Waals surface area contributed by atoms with E-state index in [-0.39, 0.29) is 11.4 Å². The van der Waals surface area contributed by atoms with Crippen molar-refractivity contribution < 1.29 is 14.6 Å². The van der Waals surface area contributed by atoms with Gasteiger partial charge in [0.25, 0.3) is 0 Å². The van der Waals surface area contributed by atoms with Crippen LogP contribution in [0.4, 0.5) is 0 Å². The number of pyridine rings is 1. The van der Waals surface area contributed by atoms with Crippen molar-refractivity contribution in [1.82, 2.24) is 4.98 Å². The second-order valence-corrected chi connectivity index (χ2v) is 5.16. The number of rotatable bonds is 3. The van der Waals surface area contributed by atoms with Gasteiger partial charge in [0.05, 0.1) is 15.6 Å². The van der Waals surface area contributed by atoms with Gasteiger partial charge in [-0.1, -0.05) is 23.2 Å². The van der Waals surface area contributed by atoms with Gasteiger partial charge in [0, 0.05) is 22.8 Å². The lowest BCUT2D eigenvalue weighted by Crippen LogP contribution is -1.97.